The van der Waals surface area contributed by atoms with Gasteiger partial charge in [0.1, 0.15) is 5.75 Å². The van der Waals surface area contributed by atoms with E-state index in [-0.39, 0.29) is 12.5 Å². The van der Waals surface area contributed by atoms with Crippen LogP contribution in [0.1, 0.15) is 30.0 Å². The third-order valence-electron chi connectivity index (χ3n) is 3.45. The number of hydrogen-bond acceptors (Lipinski definition) is 3. The molecule has 0 aromatic heterocycles. The molecule has 0 saturated carbocycles. The molecule has 0 radical (unpaired) electrons. The summed E-state index contributed by atoms with van der Waals surface area (Å²) in [6.45, 7) is 0.0805. The van der Waals surface area contributed by atoms with E-state index >= 15 is 0 Å². The van der Waals surface area contributed by atoms with Gasteiger partial charge < -0.3 is 15.4 Å². The largest absolute Gasteiger partial charge is 0.483 e. The Morgan fingerprint density at radius 2 is 2.28 bits per heavy atom. The van der Waals surface area contributed by atoms with E-state index in [0.717, 1.165) is 25.0 Å². The van der Waals surface area contributed by atoms with Crippen molar-refractivity contribution in [3.8, 4) is 5.75 Å². The monoisotopic (exact) mass is 248 g/mol. The molecule has 1 amide bonds. The minimum Gasteiger partial charge on any atom is -0.483 e. The predicted molar refractivity (Wildman–Crippen MR) is 70.7 cm³/mol. The first-order chi connectivity index (χ1) is 8.76. The molecule has 18 heavy (non-hydrogen) atoms. The van der Waals surface area contributed by atoms with Gasteiger partial charge in [0.05, 0.1) is 0 Å². The summed E-state index contributed by atoms with van der Waals surface area (Å²) in [5, 5.41) is 5.89. The topological polar surface area (TPSA) is 50.4 Å². The Balaban J connectivity index is 2.19. The number of rotatable bonds is 4. The maximum Gasteiger partial charge on any atom is 0.257 e. The second-order valence-corrected chi connectivity index (χ2v) is 4.52. The maximum absolute atomic E-state index is 11.2. The van der Waals surface area contributed by atoms with Gasteiger partial charge in [-0.3, -0.25) is 4.79 Å². The number of carbonyl (C=O) groups excluding carboxylic acids is 1. The van der Waals surface area contributed by atoms with Crippen LogP contribution in [-0.4, -0.2) is 26.6 Å². The maximum atomic E-state index is 11.2. The average molecular weight is 248 g/mol. The Kier molecular flexibility index (Phi) is 4.20. The first-order valence-corrected chi connectivity index (χ1v) is 6.38. The molecule has 2 rings (SSSR count). The van der Waals surface area contributed by atoms with Gasteiger partial charge in [0.2, 0.25) is 0 Å². The molecular weight excluding hydrogens is 228 g/mol. The fourth-order valence-electron chi connectivity index (χ4n) is 2.47. The highest BCUT2D eigenvalue weighted by Crippen LogP contribution is 2.34. The molecule has 0 aliphatic heterocycles. The molecule has 0 saturated heterocycles. The van der Waals surface area contributed by atoms with E-state index in [9.17, 15) is 4.79 Å². The number of nitrogens with one attached hydrogen (secondary N) is 2. The van der Waals surface area contributed by atoms with Gasteiger partial charge in [-0.1, -0.05) is 12.1 Å². The molecule has 0 heterocycles. The molecule has 1 unspecified atom stereocenters. The van der Waals surface area contributed by atoms with E-state index in [1.165, 1.54) is 11.1 Å². The third kappa shape index (κ3) is 2.64. The van der Waals surface area contributed by atoms with Gasteiger partial charge in [-0.05, 0) is 43.5 Å². The number of hydrogen-bond donors (Lipinski definition) is 2. The van der Waals surface area contributed by atoms with Gasteiger partial charge in [-0.15, -0.1) is 0 Å². The van der Waals surface area contributed by atoms with E-state index in [0.29, 0.717) is 6.04 Å². The lowest BCUT2D eigenvalue weighted by molar-refractivity contribution is -0.122. The van der Waals surface area contributed by atoms with Crippen LogP contribution in [0, 0.1) is 0 Å². The van der Waals surface area contributed by atoms with E-state index in [2.05, 4.69) is 16.7 Å². The zero-order valence-electron chi connectivity index (χ0n) is 11.0. The Morgan fingerprint density at radius 3 is 3.00 bits per heavy atom. The number of ether oxygens (including phenoxy) is 1. The first-order valence-electron chi connectivity index (χ1n) is 6.38. The molecule has 98 valence electrons. The number of benzene rings is 1. The van der Waals surface area contributed by atoms with Crippen molar-refractivity contribution in [2.75, 3.05) is 20.7 Å². The van der Waals surface area contributed by atoms with E-state index < -0.39 is 0 Å². The minimum atomic E-state index is -0.103. The summed E-state index contributed by atoms with van der Waals surface area (Å²) in [5.41, 5.74) is 2.55. The van der Waals surface area contributed by atoms with Gasteiger partial charge in [-0.2, -0.15) is 0 Å². The number of fused-ring (bicyclic) bond motifs is 1. The van der Waals surface area contributed by atoms with Crippen LogP contribution in [0.2, 0.25) is 0 Å². The minimum absolute atomic E-state index is 0.0805. The van der Waals surface area contributed by atoms with Crippen LogP contribution in [0.3, 0.4) is 0 Å². The fourth-order valence-corrected chi connectivity index (χ4v) is 2.47. The summed E-state index contributed by atoms with van der Waals surface area (Å²) in [6.07, 6.45) is 3.33. The Bertz CT molecular complexity index is 432. The SMILES string of the molecule is CNC(=O)COc1cccc2c1CCCC2NC. The van der Waals surface area contributed by atoms with E-state index in [4.69, 9.17) is 4.74 Å². The van der Waals surface area contributed by atoms with Crippen LogP contribution < -0.4 is 15.4 Å². The molecular formula is C14H20N2O2. The summed E-state index contributed by atoms with van der Waals surface area (Å²) in [7, 11) is 3.60. The van der Waals surface area contributed by atoms with Crippen molar-refractivity contribution < 1.29 is 9.53 Å². The molecule has 4 heteroatoms. The molecule has 0 spiro atoms. The Labute approximate surface area is 108 Å². The standard InChI is InChI=1S/C14H20N2O2/c1-15-12-7-3-6-11-10(12)5-4-8-13(11)18-9-14(17)16-2/h4-5,8,12,15H,3,6-7,9H2,1-2H3,(H,16,17). The van der Waals surface area contributed by atoms with Crippen LogP contribution in [0.5, 0.6) is 5.75 Å². The van der Waals surface area contributed by atoms with Crippen molar-refractivity contribution in [1.29, 1.82) is 0 Å². The predicted octanol–water partition coefficient (Wildman–Crippen LogP) is 1.41. The summed E-state index contributed by atoms with van der Waals surface area (Å²) < 4.78 is 5.61. The van der Waals surface area contributed by atoms with Gasteiger partial charge in [-0.25, -0.2) is 0 Å². The lowest BCUT2D eigenvalue weighted by atomic mass is 9.87. The van der Waals surface area contributed by atoms with Crippen LogP contribution in [0.25, 0.3) is 0 Å². The number of carbonyl (C=O) groups is 1. The smallest absolute Gasteiger partial charge is 0.257 e. The van der Waals surface area contributed by atoms with E-state index in [1.54, 1.807) is 7.05 Å². The normalized spacial score (nSPS) is 18.0. The summed E-state index contributed by atoms with van der Waals surface area (Å²) in [5.74, 6) is 0.740. The van der Waals surface area contributed by atoms with Crippen LogP contribution >= 0.6 is 0 Å². The first kappa shape index (κ1) is 12.9. The molecule has 1 atom stereocenters. The van der Waals surface area contributed by atoms with Crippen molar-refractivity contribution in [3.63, 3.8) is 0 Å². The van der Waals surface area contributed by atoms with Gasteiger partial charge in [0, 0.05) is 13.1 Å². The van der Waals surface area contributed by atoms with E-state index in [1.807, 2.05) is 19.2 Å². The molecule has 1 aromatic carbocycles. The molecule has 0 bridgehead atoms. The highest BCUT2D eigenvalue weighted by molar-refractivity contribution is 5.77. The van der Waals surface area contributed by atoms with Gasteiger partial charge >= 0.3 is 0 Å². The van der Waals surface area contributed by atoms with Crippen molar-refractivity contribution in [3.05, 3.63) is 29.3 Å². The quantitative estimate of drug-likeness (QED) is 0.847. The second-order valence-electron chi connectivity index (χ2n) is 4.52. The lowest BCUT2D eigenvalue weighted by Crippen LogP contribution is -2.26. The van der Waals surface area contributed by atoms with Crippen LogP contribution in [0.4, 0.5) is 0 Å². The zero-order chi connectivity index (χ0) is 13.0. The molecule has 2 N–H and O–H groups in total. The fraction of sp³-hybridized carbons (Fsp3) is 0.500. The van der Waals surface area contributed by atoms with Crippen molar-refractivity contribution in [2.24, 2.45) is 0 Å². The highest BCUT2D eigenvalue weighted by atomic mass is 16.5. The van der Waals surface area contributed by atoms with Crippen molar-refractivity contribution >= 4 is 5.91 Å². The zero-order valence-corrected chi connectivity index (χ0v) is 11.0. The number of amides is 1. The molecule has 1 aliphatic carbocycles. The summed E-state index contributed by atoms with van der Waals surface area (Å²) in [6, 6.07) is 6.48. The second kappa shape index (κ2) is 5.87. The summed E-state index contributed by atoms with van der Waals surface area (Å²) in [4.78, 5) is 11.2. The Morgan fingerprint density at radius 1 is 1.44 bits per heavy atom. The lowest BCUT2D eigenvalue weighted by Gasteiger charge is -2.26. The molecule has 1 aromatic rings. The third-order valence-corrected chi connectivity index (χ3v) is 3.45. The summed E-state index contributed by atoms with van der Waals surface area (Å²) >= 11 is 0. The van der Waals surface area contributed by atoms with Gasteiger partial charge in [0.25, 0.3) is 5.91 Å². The van der Waals surface area contributed by atoms with Crippen molar-refractivity contribution in [2.45, 2.75) is 25.3 Å². The van der Waals surface area contributed by atoms with Crippen molar-refractivity contribution in [1.82, 2.24) is 10.6 Å². The number of likely N-dealkylation sites (N-methyl/N-ethyl adjacent to an activating group) is 1. The van der Waals surface area contributed by atoms with Crippen LogP contribution in [-0.2, 0) is 11.2 Å². The Hall–Kier alpha value is -1.55. The average Bonchev–Trinajstić information content (AvgIpc) is 2.43. The highest BCUT2D eigenvalue weighted by Gasteiger charge is 2.21. The van der Waals surface area contributed by atoms with Crippen LogP contribution in [0.15, 0.2) is 18.2 Å². The molecule has 1 aliphatic rings. The molecule has 0 fully saturated rings. The molecule has 4 nitrogen and oxygen atoms in total. The van der Waals surface area contributed by atoms with Gasteiger partial charge in [0.15, 0.2) is 6.61 Å².